The summed E-state index contributed by atoms with van der Waals surface area (Å²) in [6.45, 7) is 6.34. The highest BCUT2D eigenvalue weighted by Gasteiger charge is 2.20. The van der Waals surface area contributed by atoms with Crippen LogP contribution in [0, 0.1) is 0 Å². The normalized spacial score (nSPS) is 11.4. The molecule has 4 heteroatoms. The summed E-state index contributed by atoms with van der Waals surface area (Å²) in [7, 11) is 0. The van der Waals surface area contributed by atoms with Crippen molar-refractivity contribution in [3.05, 3.63) is 70.7 Å². The minimum atomic E-state index is -0.178. The molecule has 3 aromatic rings. The van der Waals surface area contributed by atoms with Gasteiger partial charge < -0.3 is 10.1 Å². The molecule has 0 atom stereocenters. The zero-order valence-corrected chi connectivity index (χ0v) is 16.8. The van der Waals surface area contributed by atoms with Crippen molar-refractivity contribution in [3.8, 4) is 5.75 Å². The Bertz CT molecular complexity index is 944. The lowest BCUT2D eigenvalue weighted by molar-refractivity contribution is -0.118. The average molecular weight is 412 g/mol. The molecule has 0 unspecified atom stereocenters. The molecule has 0 bridgehead atoms. The molecular weight excluding hydrogens is 390 g/mol. The summed E-state index contributed by atoms with van der Waals surface area (Å²) < 4.78 is 6.80. The summed E-state index contributed by atoms with van der Waals surface area (Å²) in [6.07, 6.45) is 0. The number of carbonyl (C=O) groups excluding carboxylic acids is 1. The number of hydrogen-bond donors (Lipinski definition) is 1. The molecule has 3 rings (SSSR count). The number of hydrogen-bond acceptors (Lipinski definition) is 2. The van der Waals surface area contributed by atoms with Crippen LogP contribution in [0.5, 0.6) is 5.75 Å². The molecule has 0 fully saturated rings. The highest BCUT2D eigenvalue weighted by atomic mass is 79.9. The van der Waals surface area contributed by atoms with E-state index in [0.29, 0.717) is 0 Å². The molecule has 0 saturated carbocycles. The Morgan fingerprint density at radius 2 is 1.73 bits per heavy atom. The van der Waals surface area contributed by atoms with E-state index in [1.807, 2.05) is 60.7 Å². The van der Waals surface area contributed by atoms with Crippen LogP contribution in [0.1, 0.15) is 26.3 Å². The van der Waals surface area contributed by atoms with Gasteiger partial charge in [-0.25, -0.2) is 0 Å². The molecule has 0 radical (unpaired) electrons. The minimum Gasteiger partial charge on any atom is -0.483 e. The lowest BCUT2D eigenvalue weighted by Crippen LogP contribution is -2.22. The van der Waals surface area contributed by atoms with E-state index >= 15 is 0 Å². The number of benzene rings is 3. The molecule has 0 heterocycles. The maximum Gasteiger partial charge on any atom is 0.262 e. The second-order valence-corrected chi connectivity index (χ2v) is 8.20. The van der Waals surface area contributed by atoms with Gasteiger partial charge in [0.15, 0.2) is 6.61 Å². The van der Waals surface area contributed by atoms with Gasteiger partial charge in [0.1, 0.15) is 5.75 Å². The molecule has 3 nitrogen and oxygen atoms in total. The molecule has 134 valence electrons. The highest BCUT2D eigenvalue weighted by molar-refractivity contribution is 9.10. The monoisotopic (exact) mass is 411 g/mol. The van der Waals surface area contributed by atoms with Gasteiger partial charge in [-0.3, -0.25) is 4.79 Å². The van der Waals surface area contributed by atoms with Crippen LogP contribution in [0.4, 0.5) is 5.69 Å². The summed E-state index contributed by atoms with van der Waals surface area (Å²) in [5.74, 6) is 0.553. The molecule has 0 spiro atoms. The molecule has 0 saturated heterocycles. The number of ether oxygens (including phenoxy) is 1. The van der Waals surface area contributed by atoms with Crippen LogP contribution in [0.15, 0.2) is 65.1 Å². The maximum atomic E-state index is 12.3. The lowest BCUT2D eigenvalue weighted by atomic mass is 9.86. The van der Waals surface area contributed by atoms with Crippen LogP contribution in [0.2, 0.25) is 0 Å². The summed E-state index contributed by atoms with van der Waals surface area (Å²) in [4.78, 5) is 12.3. The second kappa shape index (κ2) is 7.50. The predicted molar refractivity (Wildman–Crippen MR) is 111 cm³/mol. The molecule has 1 N–H and O–H groups in total. The van der Waals surface area contributed by atoms with Gasteiger partial charge in [-0.2, -0.15) is 0 Å². The van der Waals surface area contributed by atoms with Gasteiger partial charge in [0.05, 0.1) is 0 Å². The van der Waals surface area contributed by atoms with Crippen LogP contribution >= 0.6 is 15.9 Å². The molecule has 0 aliphatic carbocycles. The van der Waals surface area contributed by atoms with Crippen LogP contribution in [0.25, 0.3) is 10.8 Å². The third-order valence-corrected chi connectivity index (χ3v) is 4.63. The minimum absolute atomic E-state index is 0.0302. The lowest BCUT2D eigenvalue weighted by Gasteiger charge is -2.23. The van der Waals surface area contributed by atoms with Crippen molar-refractivity contribution in [2.45, 2.75) is 26.2 Å². The Labute approximate surface area is 162 Å². The van der Waals surface area contributed by atoms with Gasteiger partial charge in [0.25, 0.3) is 5.91 Å². The Morgan fingerprint density at radius 3 is 2.46 bits per heavy atom. The molecule has 0 aliphatic rings. The van der Waals surface area contributed by atoms with E-state index in [4.69, 9.17) is 4.74 Å². The Kier molecular flexibility index (Phi) is 5.33. The maximum absolute atomic E-state index is 12.3. The molecule has 26 heavy (non-hydrogen) atoms. The van der Waals surface area contributed by atoms with E-state index in [9.17, 15) is 4.79 Å². The Morgan fingerprint density at radius 1 is 1.00 bits per heavy atom. The predicted octanol–water partition coefficient (Wildman–Crippen LogP) is 5.92. The van der Waals surface area contributed by atoms with Gasteiger partial charge in [-0.1, -0.05) is 67.0 Å². The van der Waals surface area contributed by atoms with Crippen LogP contribution in [0.3, 0.4) is 0 Å². The molecule has 0 aliphatic heterocycles. The van der Waals surface area contributed by atoms with Crippen molar-refractivity contribution in [1.82, 2.24) is 0 Å². The first kappa shape index (κ1) is 18.5. The zero-order chi connectivity index (χ0) is 18.7. The fourth-order valence-electron chi connectivity index (χ4n) is 2.82. The zero-order valence-electron chi connectivity index (χ0n) is 15.2. The number of nitrogens with one attached hydrogen (secondary N) is 1. The largest absolute Gasteiger partial charge is 0.483 e. The summed E-state index contributed by atoms with van der Waals surface area (Å²) >= 11 is 3.50. The first-order chi connectivity index (χ1) is 12.3. The van der Waals surface area contributed by atoms with Gasteiger partial charge in [0, 0.05) is 15.7 Å². The number of anilines is 1. The SMILES string of the molecule is CC(C)(C)c1cc(Br)ccc1OCC(=O)Nc1ccc2ccccc2c1. The Balaban J connectivity index is 1.69. The van der Waals surface area contributed by atoms with Crippen LogP contribution in [-0.4, -0.2) is 12.5 Å². The van der Waals surface area contributed by atoms with Crippen molar-refractivity contribution in [2.75, 3.05) is 11.9 Å². The molecule has 1 amide bonds. The first-order valence-corrected chi connectivity index (χ1v) is 9.34. The number of fused-ring (bicyclic) bond motifs is 1. The quantitative estimate of drug-likeness (QED) is 0.578. The molecule has 3 aromatic carbocycles. The first-order valence-electron chi connectivity index (χ1n) is 8.54. The van der Waals surface area contributed by atoms with Gasteiger partial charge in [-0.05, 0) is 46.5 Å². The van der Waals surface area contributed by atoms with E-state index < -0.39 is 0 Å². The van der Waals surface area contributed by atoms with Crippen LogP contribution in [-0.2, 0) is 10.2 Å². The van der Waals surface area contributed by atoms with Crippen molar-refractivity contribution in [1.29, 1.82) is 0 Å². The Hall–Kier alpha value is -2.33. The molecule has 0 aromatic heterocycles. The third kappa shape index (κ3) is 4.44. The topological polar surface area (TPSA) is 38.3 Å². The number of amides is 1. The summed E-state index contributed by atoms with van der Waals surface area (Å²) in [5, 5.41) is 5.14. The van der Waals surface area contributed by atoms with Crippen molar-refractivity contribution >= 4 is 38.3 Å². The number of halogens is 1. The van der Waals surface area contributed by atoms with Crippen LogP contribution < -0.4 is 10.1 Å². The number of carbonyl (C=O) groups is 1. The smallest absolute Gasteiger partial charge is 0.262 e. The van der Waals surface area contributed by atoms with Gasteiger partial charge in [0.2, 0.25) is 0 Å². The van der Waals surface area contributed by atoms with Gasteiger partial charge in [-0.15, -0.1) is 0 Å². The summed E-state index contributed by atoms with van der Waals surface area (Å²) in [5.41, 5.74) is 1.75. The van der Waals surface area contributed by atoms with E-state index in [-0.39, 0.29) is 17.9 Å². The number of rotatable bonds is 4. The fourth-order valence-corrected chi connectivity index (χ4v) is 3.18. The highest BCUT2D eigenvalue weighted by Crippen LogP contribution is 2.33. The average Bonchev–Trinajstić information content (AvgIpc) is 2.60. The standard InChI is InChI=1S/C22H22BrNO2/c1-22(2,3)19-13-17(23)9-11-20(19)26-14-21(25)24-18-10-8-15-6-4-5-7-16(15)12-18/h4-13H,14H2,1-3H3,(H,24,25). The summed E-state index contributed by atoms with van der Waals surface area (Å²) in [6, 6.07) is 19.8. The second-order valence-electron chi connectivity index (χ2n) is 7.29. The third-order valence-electron chi connectivity index (χ3n) is 4.14. The van der Waals surface area contributed by atoms with E-state index in [2.05, 4.69) is 42.0 Å². The van der Waals surface area contributed by atoms with Crippen molar-refractivity contribution < 1.29 is 9.53 Å². The fraction of sp³-hybridized carbons (Fsp3) is 0.227. The van der Waals surface area contributed by atoms with E-state index in [1.54, 1.807) is 0 Å². The van der Waals surface area contributed by atoms with Gasteiger partial charge >= 0.3 is 0 Å². The van der Waals surface area contributed by atoms with E-state index in [1.165, 1.54) is 0 Å². The molecular formula is C22H22BrNO2. The van der Waals surface area contributed by atoms with Crippen molar-refractivity contribution in [2.24, 2.45) is 0 Å². The van der Waals surface area contributed by atoms with Crippen molar-refractivity contribution in [3.63, 3.8) is 0 Å². The van der Waals surface area contributed by atoms with E-state index in [0.717, 1.165) is 32.2 Å².